The molecule has 4 heteroatoms. The van der Waals surface area contributed by atoms with Crippen LogP contribution < -0.4 is 14.8 Å². The summed E-state index contributed by atoms with van der Waals surface area (Å²) in [5.41, 5.74) is 1.28. The van der Waals surface area contributed by atoms with Crippen LogP contribution in [0, 0.1) is 5.92 Å². The van der Waals surface area contributed by atoms with Crippen LogP contribution in [0.4, 0.5) is 0 Å². The predicted octanol–water partition coefficient (Wildman–Crippen LogP) is 2.57. The Bertz CT molecular complexity index is 464. The fourth-order valence-corrected chi connectivity index (χ4v) is 3.26. The number of benzene rings is 1. The van der Waals surface area contributed by atoms with Crippen LogP contribution in [0.25, 0.3) is 0 Å². The van der Waals surface area contributed by atoms with E-state index in [9.17, 15) is 0 Å². The highest BCUT2D eigenvalue weighted by atomic mass is 16.5. The molecule has 124 valence electrons. The second kappa shape index (κ2) is 8.39. The third-order valence-corrected chi connectivity index (χ3v) is 4.70. The van der Waals surface area contributed by atoms with Crippen LogP contribution in [0.1, 0.15) is 25.8 Å². The number of hydrogen-bond acceptors (Lipinski definition) is 4. The van der Waals surface area contributed by atoms with Gasteiger partial charge in [0.2, 0.25) is 0 Å². The number of nitrogens with zero attached hydrogens (tertiary/aromatic N) is 1. The van der Waals surface area contributed by atoms with E-state index in [1.54, 1.807) is 14.2 Å². The predicted molar refractivity (Wildman–Crippen MR) is 90.9 cm³/mol. The lowest BCUT2D eigenvalue weighted by atomic mass is 9.93. The Balaban J connectivity index is 1.81. The number of rotatable bonds is 7. The molecule has 22 heavy (non-hydrogen) atoms. The molecule has 0 saturated carbocycles. The Morgan fingerprint density at radius 3 is 2.64 bits per heavy atom. The molecule has 1 saturated heterocycles. The van der Waals surface area contributed by atoms with Crippen molar-refractivity contribution in [1.29, 1.82) is 0 Å². The van der Waals surface area contributed by atoms with Crippen molar-refractivity contribution in [2.75, 3.05) is 40.4 Å². The molecular weight excluding hydrogens is 276 g/mol. The molecule has 1 fully saturated rings. The summed E-state index contributed by atoms with van der Waals surface area (Å²) in [7, 11) is 3.35. The Labute approximate surface area is 134 Å². The van der Waals surface area contributed by atoms with Gasteiger partial charge in [-0.1, -0.05) is 19.9 Å². The minimum Gasteiger partial charge on any atom is -0.493 e. The van der Waals surface area contributed by atoms with Crippen LogP contribution >= 0.6 is 0 Å². The zero-order valence-corrected chi connectivity index (χ0v) is 14.4. The van der Waals surface area contributed by atoms with Crippen molar-refractivity contribution in [2.45, 2.75) is 32.7 Å². The van der Waals surface area contributed by atoms with Gasteiger partial charge in [0, 0.05) is 12.6 Å². The molecule has 0 bridgehead atoms. The molecular formula is C18H30N2O2. The van der Waals surface area contributed by atoms with Crippen LogP contribution in [0.2, 0.25) is 0 Å². The molecule has 2 rings (SSSR count). The summed E-state index contributed by atoms with van der Waals surface area (Å²) in [5.74, 6) is 2.32. The zero-order valence-electron chi connectivity index (χ0n) is 14.4. The Kier molecular flexibility index (Phi) is 6.52. The van der Waals surface area contributed by atoms with Crippen molar-refractivity contribution in [3.63, 3.8) is 0 Å². The van der Waals surface area contributed by atoms with Crippen molar-refractivity contribution in [3.05, 3.63) is 23.8 Å². The number of hydrogen-bond donors (Lipinski definition) is 1. The monoisotopic (exact) mass is 306 g/mol. The Hall–Kier alpha value is -1.26. The molecule has 0 radical (unpaired) electrons. The first-order valence-electron chi connectivity index (χ1n) is 8.34. The first-order valence-corrected chi connectivity index (χ1v) is 8.34. The van der Waals surface area contributed by atoms with Gasteiger partial charge in [-0.2, -0.15) is 0 Å². The molecule has 0 amide bonds. The summed E-state index contributed by atoms with van der Waals surface area (Å²) in [4.78, 5) is 2.54. The normalized spacial score (nSPS) is 22.5. The fraction of sp³-hybridized carbons (Fsp3) is 0.667. The lowest BCUT2D eigenvalue weighted by Crippen LogP contribution is -2.48. The van der Waals surface area contributed by atoms with Gasteiger partial charge in [-0.15, -0.1) is 0 Å². The average Bonchev–Trinajstić information content (AvgIpc) is 2.56. The fourth-order valence-electron chi connectivity index (χ4n) is 3.26. The summed E-state index contributed by atoms with van der Waals surface area (Å²) in [5, 5.41) is 3.73. The van der Waals surface area contributed by atoms with Crippen molar-refractivity contribution in [3.8, 4) is 11.5 Å². The van der Waals surface area contributed by atoms with Crippen molar-refractivity contribution < 1.29 is 9.47 Å². The van der Waals surface area contributed by atoms with E-state index in [0.29, 0.717) is 6.04 Å². The summed E-state index contributed by atoms with van der Waals surface area (Å²) in [6, 6.07) is 6.81. The molecule has 0 unspecified atom stereocenters. The molecule has 1 aromatic rings. The lowest BCUT2D eigenvalue weighted by molar-refractivity contribution is 0.154. The van der Waals surface area contributed by atoms with Crippen LogP contribution in [0.15, 0.2) is 18.2 Å². The van der Waals surface area contributed by atoms with Gasteiger partial charge in [0.25, 0.3) is 0 Å². The third-order valence-electron chi connectivity index (χ3n) is 4.70. The molecule has 1 aliphatic heterocycles. The standard InChI is InChI=1S/C18H30N2O2/c1-5-20-11-9-16(14(2)13-20)19-10-8-15-6-7-17(21-3)18(12-15)22-4/h6-7,12,14,16,19H,5,8-11,13H2,1-4H3/t14-,16+/m0/s1. The summed E-state index contributed by atoms with van der Waals surface area (Å²) < 4.78 is 10.6. The molecule has 1 heterocycles. The second-order valence-electron chi connectivity index (χ2n) is 6.16. The van der Waals surface area contributed by atoms with E-state index in [1.807, 2.05) is 6.07 Å². The van der Waals surface area contributed by atoms with Gasteiger partial charge in [-0.05, 0) is 56.1 Å². The summed E-state index contributed by atoms with van der Waals surface area (Å²) in [6.45, 7) is 9.21. The molecule has 1 aliphatic rings. The Morgan fingerprint density at radius 2 is 2.00 bits per heavy atom. The largest absolute Gasteiger partial charge is 0.493 e. The van der Waals surface area contributed by atoms with Gasteiger partial charge in [0.15, 0.2) is 11.5 Å². The van der Waals surface area contributed by atoms with Crippen LogP contribution in [0.3, 0.4) is 0 Å². The molecule has 1 aromatic carbocycles. The van der Waals surface area contributed by atoms with Crippen molar-refractivity contribution in [1.82, 2.24) is 10.2 Å². The number of piperidine rings is 1. The number of methoxy groups -OCH3 is 2. The summed E-state index contributed by atoms with van der Waals surface area (Å²) >= 11 is 0. The lowest BCUT2D eigenvalue weighted by Gasteiger charge is -2.37. The molecule has 2 atom stereocenters. The minimum atomic E-state index is 0.642. The van der Waals surface area contributed by atoms with Crippen LogP contribution in [-0.2, 0) is 6.42 Å². The quantitative estimate of drug-likeness (QED) is 0.839. The van der Waals surface area contributed by atoms with E-state index < -0.39 is 0 Å². The minimum absolute atomic E-state index is 0.642. The van der Waals surface area contributed by atoms with E-state index in [4.69, 9.17) is 9.47 Å². The maximum atomic E-state index is 5.36. The van der Waals surface area contributed by atoms with E-state index in [0.717, 1.165) is 30.4 Å². The van der Waals surface area contributed by atoms with Gasteiger partial charge in [-0.3, -0.25) is 0 Å². The van der Waals surface area contributed by atoms with Gasteiger partial charge < -0.3 is 19.7 Å². The van der Waals surface area contributed by atoms with E-state index >= 15 is 0 Å². The molecule has 0 aromatic heterocycles. The van der Waals surface area contributed by atoms with Crippen LogP contribution in [-0.4, -0.2) is 51.3 Å². The maximum Gasteiger partial charge on any atom is 0.160 e. The smallest absolute Gasteiger partial charge is 0.160 e. The third kappa shape index (κ3) is 4.37. The molecule has 0 aliphatic carbocycles. The second-order valence-corrected chi connectivity index (χ2v) is 6.16. The topological polar surface area (TPSA) is 33.7 Å². The average molecular weight is 306 g/mol. The Morgan fingerprint density at radius 1 is 1.23 bits per heavy atom. The SMILES string of the molecule is CCN1CC[C@@H](NCCc2ccc(OC)c(OC)c2)[C@@H](C)C1. The van der Waals surface area contributed by atoms with Gasteiger partial charge in [-0.25, -0.2) is 0 Å². The van der Waals surface area contributed by atoms with Crippen molar-refractivity contribution >= 4 is 0 Å². The zero-order chi connectivity index (χ0) is 15.9. The first kappa shape index (κ1) is 17.1. The van der Waals surface area contributed by atoms with Crippen molar-refractivity contribution in [2.24, 2.45) is 5.92 Å². The number of nitrogens with one attached hydrogen (secondary N) is 1. The molecule has 1 N–H and O–H groups in total. The highest BCUT2D eigenvalue weighted by molar-refractivity contribution is 5.42. The maximum absolute atomic E-state index is 5.36. The van der Waals surface area contributed by atoms with E-state index in [2.05, 4.69) is 36.2 Å². The highest BCUT2D eigenvalue weighted by Crippen LogP contribution is 2.27. The summed E-state index contributed by atoms with van der Waals surface area (Å²) in [6.07, 6.45) is 2.27. The number of likely N-dealkylation sites (tertiary alicyclic amines) is 1. The van der Waals surface area contributed by atoms with E-state index in [-0.39, 0.29) is 0 Å². The van der Waals surface area contributed by atoms with Crippen LogP contribution in [0.5, 0.6) is 11.5 Å². The first-order chi connectivity index (χ1) is 10.7. The molecule has 0 spiro atoms. The van der Waals surface area contributed by atoms with E-state index in [1.165, 1.54) is 31.6 Å². The molecule has 4 nitrogen and oxygen atoms in total. The van der Waals surface area contributed by atoms with Gasteiger partial charge in [0.1, 0.15) is 0 Å². The number of ether oxygens (including phenoxy) is 2. The van der Waals surface area contributed by atoms with Gasteiger partial charge >= 0.3 is 0 Å². The highest BCUT2D eigenvalue weighted by Gasteiger charge is 2.24. The van der Waals surface area contributed by atoms with Gasteiger partial charge in [0.05, 0.1) is 14.2 Å².